The average Bonchev–Trinajstić information content (AvgIpc) is 2.31. The lowest BCUT2D eigenvalue weighted by atomic mass is 10.1. The number of rotatable bonds is 11. The first-order valence-electron chi connectivity index (χ1n) is 6.82. The smallest absolute Gasteiger partial charge is 0.0431 e. The Balaban J connectivity index is 3.10. The fourth-order valence-corrected chi connectivity index (χ4v) is 1.52. The molecular formula is C15H28O. The molecular weight excluding hydrogens is 196 g/mol. The molecule has 0 fully saturated rings. The first kappa shape index (κ1) is 15.4. The maximum absolute atomic E-state index is 8.60. The molecule has 0 radical (unpaired) electrons. The summed E-state index contributed by atoms with van der Waals surface area (Å²) in [7, 11) is 0. The van der Waals surface area contributed by atoms with Crippen molar-refractivity contribution in [1.82, 2.24) is 0 Å². The summed E-state index contributed by atoms with van der Waals surface area (Å²) in [6.07, 6.45) is 19.8. The number of aliphatic hydroxyl groups is 1. The Bertz CT molecular complexity index is 170. The molecule has 0 heterocycles. The summed E-state index contributed by atoms with van der Waals surface area (Å²) in [6.45, 7) is 2.56. The van der Waals surface area contributed by atoms with Crippen LogP contribution >= 0.6 is 0 Å². The van der Waals surface area contributed by atoms with Crippen LogP contribution in [0.4, 0.5) is 0 Å². The van der Waals surface area contributed by atoms with E-state index in [1.54, 1.807) is 0 Å². The van der Waals surface area contributed by atoms with Crippen molar-refractivity contribution in [3.05, 3.63) is 24.3 Å². The van der Waals surface area contributed by atoms with Crippen molar-refractivity contribution in [3.8, 4) is 0 Å². The molecule has 0 spiro atoms. The van der Waals surface area contributed by atoms with Gasteiger partial charge in [-0.2, -0.15) is 0 Å². The van der Waals surface area contributed by atoms with E-state index in [-0.39, 0.29) is 0 Å². The van der Waals surface area contributed by atoms with Crippen LogP contribution in [0.5, 0.6) is 0 Å². The Hall–Kier alpha value is -0.560. The van der Waals surface area contributed by atoms with Gasteiger partial charge >= 0.3 is 0 Å². The first-order valence-corrected chi connectivity index (χ1v) is 6.82. The molecule has 94 valence electrons. The maximum Gasteiger partial charge on any atom is 0.0431 e. The van der Waals surface area contributed by atoms with Crippen LogP contribution in [0.1, 0.15) is 64.7 Å². The van der Waals surface area contributed by atoms with Gasteiger partial charge in [-0.25, -0.2) is 0 Å². The molecule has 0 bridgehead atoms. The molecule has 0 rings (SSSR count). The molecule has 1 N–H and O–H groups in total. The summed E-state index contributed by atoms with van der Waals surface area (Å²) in [4.78, 5) is 0. The van der Waals surface area contributed by atoms with E-state index in [1.165, 1.54) is 38.5 Å². The number of allylic oxidation sites excluding steroid dienone is 4. The molecule has 16 heavy (non-hydrogen) atoms. The molecule has 0 atom stereocenters. The molecule has 1 nitrogen and oxygen atoms in total. The highest BCUT2D eigenvalue weighted by molar-refractivity contribution is 4.85. The minimum absolute atomic E-state index is 0.330. The van der Waals surface area contributed by atoms with Gasteiger partial charge in [-0.05, 0) is 44.9 Å². The number of aliphatic hydroxyl groups excluding tert-OH is 1. The highest BCUT2D eigenvalue weighted by Crippen LogP contribution is 2.02. The van der Waals surface area contributed by atoms with Crippen molar-refractivity contribution in [2.24, 2.45) is 0 Å². The zero-order valence-corrected chi connectivity index (χ0v) is 10.8. The fraction of sp³-hybridized carbons (Fsp3) is 0.733. The average molecular weight is 224 g/mol. The van der Waals surface area contributed by atoms with E-state index < -0.39 is 0 Å². The third-order valence-electron chi connectivity index (χ3n) is 2.58. The first-order chi connectivity index (χ1) is 7.91. The largest absolute Gasteiger partial charge is 0.396 e. The van der Waals surface area contributed by atoms with Crippen LogP contribution in [0, 0.1) is 0 Å². The molecule has 0 aliphatic rings. The second kappa shape index (κ2) is 14.4. The van der Waals surface area contributed by atoms with Crippen molar-refractivity contribution >= 4 is 0 Å². The van der Waals surface area contributed by atoms with Crippen molar-refractivity contribution in [3.63, 3.8) is 0 Å². The van der Waals surface area contributed by atoms with Crippen LogP contribution in [0.15, 0.2) is 24.3 Å². The third kappa shape index (κ3) is 13.4. The highest BCUT2D eigenvalue weighted by Gasteiger charge is 1.84. The fourth-order valence-electron chi connectivity index (χ4n) is 1.52. The molecule has 0 amide bonds. The maximum atomic E-state index is 8.60. The van der Waals surface area contributed by atoms with Gasteiger partial charge in [0.2, 0.25) is 0 Å². The Morgan fingerprint density at radius 2 is 1.19 bits per heavy atom. The monoisotopic (exact) mass is 224 g/mol. The quantitative estimate of drug-likeness (QED) is 0.401. The topological polar surface area (TPSA) is 20.2 Å². The molecule has 0 aromatic carbocycles. The Kier molecular flexibility index (Phi) is 13.9. The van der Waals surface area contributed by atoms with E-state index in [0.29, 0.717) is 6.61 Å². The minimum Gasteiger partial charge on any atom is -0.396 e. The summed E-state index contributed by atoms with van der Waals surface area (Å²) >= 11 is 0. The van der Waals surface area contributed by atoms with E-state index in [0.717, 1.165) is 19.3 Å². The molecule has 0 unspecified atom stereocenters. The molecule has 0 aromatic heterocycles. The van der Waals surface area contributed by atoms with Crippen molar-refractivity contribution < 1.29 is 5.11 Å². The predicted molar refractivity (Wildman–Crippen MR) is 72.6 cm³/mol. The number of hydrogen-bond acceptors (Lipinski definition) is 1. The molecule has 0 saturated heterocycles. The van der Waals surface area contributed by atoms with Crippen molar-refractivity contribution in [1.29, 1.82) is 0 Å². The third-order valence-corrected chi connectivity index (χ3v) is 2.58. The normalized spacial score (nSPS) is 11.9. The van der Waals surface area contributed by atoms with Gasteiger partial charge in [0.25, 0.3) is 0 Å². The van der Waals surface area contributed by atoms with Gasteiger partial charge in [0.05, 0.1) is 0 Å². The van der Waals surface area contributed by atoms with Crippen LogP contribution in [-0.4, -0.2) is 11.7 Å². The van der Waals surface area contributed by atoms with E-state index in [1.807, 2.05) is 0 Å². The van der Waals surface area contributed by atoms with Gasteiger partial charge in [0.1, 0.15) is 0 Å². The summed E-state index contributed by atoms with van der Waals surface area (Å²) in [5, 5.41) is 8.60. The lowest BCUT2D eigenvalue weighted by Crippen LogP contribution is -1.80. The van der Waals surface area contributed by atoms with E-state index in [9.17, 15) is 0 Å². The van der Waals surface area contributed by atoms with E-state index in [4.69, 9.17) is 5.11 Å². The molecule has 0 aliphatic carbocycles. The van der Waals surface area contributed by atoms with Gasteiger partial charge in [-0.3, -0.25) is 0 Å². The molecule has 0 aliphatic heterocycles. The van der Waals surface area contributed by atoms with Gasteiger partial charge in [-0.15, -0.1) is 0 Å². The standard InChI is InChI=1S/C15H28O/c1-2-3-4-5-6-7-8-9-10-11-12-13-14-15-16/h5-6,10-11,16H,2-4,7-9,12-15H2,1H3/b6-5-,11-10-. The summed E-state index contributed by atoms with van der Waals surface area (Å²) in [5.41, 5.74) is 0. The molecule has 0 saturated carbocycles. The van der Waals surface area contributed by atoms with Gasteiger partial charge in [-0.1, -0.05) is 44.1 Å². The van der Waals surface area contributed by atoms with E-state index >= 15 is 0 Å². The Labute approximate surface area is 101 Å². The van der Waals surface area contributed by atoms with Crippen LogP contribution in [0.25, 0.3) is 0 Å². The SMILES string of the molecule is CCCC/C=C\CCC/C=C\CCCCO. The Morgan fingerprint density at radius 1 is 0.688 bits per heavy atom. The van der Waals surface area contributed by atoms with Crippen LogP contribution in [-0.2, 0) is 0 Å². The number of unbranched alkanes of at least 4 members (excludes halogenated alkanes) is 6. The Morgan fingerprint density at radius 3 is 1.69 bits per heavy atom. The molecule has 0 aromatic rings. The van der Waals surface area contributed by atoms with E-state index in [2.05, 4.69) is 31.2 Å². The van der Waals surface area contributed by atoms with Gasteiger partial charge < -0.3 is 5.11 Å². The van der Waals surface area contributed by atoms with Crippen molar-refractivity contribution in [2.45, 2.75) is 64.7 Å². The summed E-state index contributed by atoms with van der Waals surface area (Å²) in [6, 6.07) is 0. The highest BCUT2D eigenvalue weighted by atomic mass is 16.2. The summed E-state index contributed by atoms with van der Waals surface area (Å²) in [5.74, 6) is 0. The van der Waals surface area contributed by atoms with Crippen LogP contribution < -0.4 is 0 Å². The van der Waals surface area contributed by atoms with Gasteiger partial charge in [0.15, 0.2) is 0 Å². The second-order valence-electron chi connectivity index (χ2n) is 4.24. The second-order valence-corrected chi connectivity index (χ2v) is 4.24. The van der Waals surface area contributed by atoms with Crippen LogP contribution in [0.3, 0.4) is 0 Å². The van der Waals surface area contributed by atoms with Gasteiger partial charge in [0, 0.05) is 6.61 Å². The zero-order chi connectivity index (χ0) is 11.9. The van der Waals surface area contributed by atoms with Crippen LogP contribution in [0.2, 0.25) is 0 Å². The number of hydrogen-bond donors (Lipinski definition) is 1. The lowest BCUT2D eigenvalue weighted by Gasteiger charge is -1.93. The zero-order valence-electron chi connectivity index (χ0n) is 10.8. The predicted octanol–water partition coefficient (Wildman–Crippen LogP) is 4.62. The van der Waals surface area contributed by atoms with Crippen molar-refractivity contribution in [2.75, 3.05) is 6.61 Å². The lowest BCUT2D eigenvalue weighted by molar-refractivity contribution is 0.285. The molecule has 1 heteroatoms. The minimum atomic E-state index is 0.330. The summed E-state index contributed by atoms with van der Waals surface area (Å²) < 4.78 is 0.